The number of aliphatic hydroxyl groups is 1. The zero-order valence-electron chi connectivity index (χ0n) is 22.5. The van der Waals surface area contributed by atoms with Crippen molar-refractivity contribution in [3.05, 3.63) is 23.8 Å². The Hall–Kier alpha value is -2.55. The van der Waals surface area contributed by atoms with E-state index in [0.29, 0.717) is 24.8 Å². The summed E-state index contributed by atoms with van der Waals surface area (Å²) < 4.78 is 33.7. The average Bonchev–Trinajstić information content (AvgIpc) is 3.68. The third-order valence-electron chi connectivity index (χ3n) is 10.4. The van der Waals surface area contributed by atoms with Gasteiger partial charge in [0.1, 0.15) is 0 Å². The summed E-state index contributed by atoms with van der Waals surface area (Å²) in [5, 5.41) is 11.6. The summed E-state index contributed by atoms with van der Waals surface area (Å²) in [5.74, 6) is -3.07. The van der Waals surface area contributed by atoms with Crippen molar-refractivity contribution < 1.29 is 42.9 Å². The Kier molecular flexibility index (Phi) is 6.40. The van der Waals surface area contributed by atoms with E-state index in [4.69, 9.17) is 14.2 Å². The van der Waals surface area contributed by atoms with Gasteiger partial charge in [-0.25, -0.2) is 9.18 Å². The molecule has 0 saturated heterocycles. The minimum atomic E-state index is -2.08. The lowest BCUT2D eigenvalue weighted by molar-refractivity contribution is -0.222. The number of aliphatic hydroxyl groups excluding tert-OH is 1. The molecule has 9 heteroatoms. The molecular weight excluding hydrogens is 495 g/mol. The summed E-state index contributed by atoms with van der Waals surface area (Å²) in [6.45, 7) is 6.36. The van der Waals surface area contributed by atoms with Gasteiger partial charge >= 0.3 is 12.1 Å². The van der Waals surface area contributed by atoms with Crippen LogP contribution in [0.5, 0.6) is 0 Å². The highest BCUT2D eigenvalue weighted by molar-refractivity contribution is 6.01. The smallest absolute Gasteiger partial charge is 0.457 e. The Bertz CT molecular complexity index is 1130. The fourth-order valence-corrected chi connectivity index (χ4v) is 8.36. The maximum atomic E-state index is 17.4. The molecule has 208 valence electrons. The van der Waals surface area contributed by atoms with Crippen molar-refractivity contribution in [1.29, 1.82) is 0 Å². The Morgan fingerprint density at radius 3 is 2.50 bits per heavy atom. The van der Waals surface area contributed by atoms with Gasteiger partial charge in [0, 0.05) is 22.7 Å². The van der Waals surface area contributed by atoms with E-state index in [0.717, 1.165) is 12.8 Å². The predicted octanol–water partition coefficient (Wildman–Crippen LogP) is 4.04. The van der Waals surface area contributed by atoms with Gasteiger partial charge in [-0.3, -0.25) is 14.4 Å². The number of alkyl halides is 1. The first kappa shape index (κ1) is 27.0. The van der Waals surface area contributed by atoms with Crippen molar-refractivity contribution in [3.63, 3.8) is 0 Å². The topological polar surface area (TPSA) is 116 Å². The number of ether oxygens (including phenoxy) is 3. The second kappa shape index (κ2) is 9.00. The minimum Gasteiger partial charge on any atom is -0.457 e. The molecule has 0 unspecified atom stereocenters. The van der Waals surface area contributed by atoms with Gasteiger partial charge in [-0.2, -0.15) is 0 Å². The van der Waals surface area contributed by atoms with E-state index in [2.05, 4.69) is 0 Å². The van der Waals surface area contributed by atoms with Crippen molar-refractivity contribution >= 4 is 23.7 Å². The SMILES string of the molecule is CCOC(=O)O[C@]1(C(=O)COC(=O)C2CC2)[C@H](C)C[C@H]2[C@@H]3CCC4=CC(=O)C=C[C@]4(C)[C@@]3(F)[C@@H](O)C[C@@]21C. The van der Waals surface area contributed by atoms with Crippen LogP contribution in [0.25, 0.3) is 0 Å². The first-order valence-electron chi connectivity index (χ1n) is 13.7. The third kappa shape index (κ3) is 3.56. The van der Waals surface area contributed by atoms with E-state index >= 15 is 4.39 Å². The molecule has 0 aromatic carbocycles. The van der Waals surface area contributed by atoms with Crippen LogP contribution in [0.4, 0.5) is 9.18 Å². The molecule has 0 aromatic heterocycles. The van der Waals surface area contributed by atoms with Crippen LogP contribution < -0.4 is 0 Å². The van der Waals surface area contributed by atoms with Gasteiger partial charge < -0.3 is 19.3 Å². The molecule has 38 heavy (non-hydrogen) atoms. The molecule has 5 rings (SSSR count). The number of carbonyl (C=O) groups excluding carboxylic acids is 4. The number of allylic oxidation sites excluding steroid dienone is 4. The first-order chi connectivity index (χ1) is 17.8. The van der Waals surface area contributed by atoms with E-state index in [-0.39, 0.29) is 24.7 Å². The highest BCUT2D eigenvalue weighted by Crippen LogP contribution is 2.71. The number of ketones is 2. The van der Waals surface area contributed by atoms with Crippen molar-refractivity contribution in [3.8, 4) is 0 Å². The van der Waals surface area contributed by atoms with E-state index in [1.165, 1.54) is 12.2 Å². The Labute approximate surface area is 221 Å². The lowest BCUT2D eigenvalue weighted by Gasteiger charge is -2.62. The number of hydrogen-bond donors (Lipinski definition) is 1. The van der Waals surface area contributed by atoms with E-state index in [1.54, 1.807) is 33.8 Å². The first-order valence-corrected chi connectivity index (χ1v) is 13.7. The Balaban J connectivity index is 1.55. The summed E-state index contributed by atoms with van der Waals surface area (Å²) in [4.78, 5) is 51.0. The molecule has 0 bridgehead atoms. The van der Waals surface area contributed by atoms with Crippen LogP contribution in [0.1, 0.15) is 66.2 Å². The number of rotatable bonds is 6. The van der Waals surface area contributed by atoms with E-state index < -0.39 is 70.5 Å². The molecule has 4 saturated carbocycles. The highest BCUT2D eigenvalue weighted by Gasteiger charge is 2.77. The number of esters is 1. The van der Waals surface area contributed by atoms with Gasteiger partial charge in [-0.15, -0.1) is 0 Å². The van der Waals surface area contributed by atoms with Crippen LogP contribution in [0.2, 0.25) is 0 Å². The number of carbonyl (C=O) groups is 4. The summed E-state index contributed by atoms with van der Waals surface area (Å²) >= 11 is 0. The molecule has 5 aliphatic rings. The fourth-order valence-electron chi connectivity index (χ4n) is 8.36. The molecule has 0 aliphatic heterocycles. The summed E-state index contributed by atoms with van der Waals surface area (Å²) in [7, 11) is 0. The summed E-state index contributed by atoms with van der Waals surface area (Å²) in [5.41, 5.74) is -5.52. The van der Waals surface area contributed by atoms with Gasteiger partial charge in [0.05, 0.1) is 18.6 Å². The number of hydrogen-bond acceptors (Lipinski definition) is 8. The van der Waals surface area contributed by atoms with Crippen molar-refractivity contribution in [1.82, 2.24) is 0 Å². The fraction of sp³-hybridized carbons (Fsp3) is 0.724. The molecule has 0 amide bonds. The summed E-state index contributed by atoms with van der Waals surface area (Å²) in [6, 6.07) is 0. The summed E-state index contributed by atoms with van der Waals surface area (Å²) in [6.07, 6.45) is 4.40. The molecule has 1 N–H and O–H groups in total. The lowest BCUT2D eigenvalue weighted by Crippen LogP contribution is -2.70. The number of Topliss-reactive ketones (excluding diaryl/α,β-unsaturated/α-hetero) is 1. The maximum absolute atomic E-state index is 17.4. The van der Waals surface area contributed by atoms with Crippen molar-refractivity contribution in [2.45, 2.75) is 83.6 Å². The molecule has 4 fully saturated rings. The predicted molar refractivity (Wildman–Crippen MR) is 132 cm³/mol. The van der Waals surface area contributed by atoms with Crippen LogP contribution in [-0.4, -0.2) is 59.4 Å². The second-order valence-corrected chi connectivity index (χ2v) is 12.2. The van der Waals surface area contributed by atoms with Crippen LogP contribution >= 0.6 is 0 Å². The molecule has 5 aliphatic carbocycles. The molecule has 0 heterocycles. The maximum Gasteiger partial charge on any atom is 0.509 e. The quantitative estimate of drug-likeness (QED) is 0.510. The molecule has 8 atom stereocenters. The van der Waals surface area contributed by atoms with E-state index in [1.807, 2.05) is 0 Å². The van der Waals surface area contributed by atoms with Gasteiger partial charge in [-0.1, -0.05) is 25.5 Å². The molecular formula is C29H37FO8. The molecule has 8 nitrogen and oxygen atoms in total. The zero-order chi connectivity index (χ0) is 27.7. The molecule has 0 spiro atoms. The Morgan fingerprint density at radius 1 is 1.13 bits per heavy atom. The molecule has 0 radical (unpaired) electrons. The van der Waals surface area contributed by atoms with Crippen LogP contribution in [0.15, 0.2) is 23.8 Å². The van der Waals surface area contributed by atoms with Gasteiger partial charge in [0.2, 0.25) is 5.78 Å². The van der Waals surface area contributed by atoms with Crippen LogP contribution in [0, 0.1) is 34.5 Å². The second-order valence-electron chi connectivity index (χ2n) is 12.2. The third-order valence-corrected chi connectivity index (χ3v) is 10.4. The highest BCUT2D eigenvalue weighted by atomic mass is 19.1. The van der Waals surface area contributed by atoms with E-state index in [9.17, 15) is 24.3 Å². The van der Waals surface area contributed by atoms with Crippen LogP contribution in [0.3, 0.4) is 0 Å². The van der Waals surface area contributed by atoms with Gasteiger partial charge in [0.15, 0.2) is 23.7 Å². The average molecular weight is 533 g/mol. The standard InChI is InChI=1S/C29H37FO8/c1-5-36-25(35)38-29(23(33)15-37-24(34)17-6-7-17)16(2)12-21-20-9-8-18-13-19(31)10-11-26(18,3)28(20,30)22(32)14-27(21,29)4/h10-11,13,16-17,20-22,32H,5-9,12,14-15H2,1-4H3/t16-,20+,21+,22+,26+,27+,28+,29+/m1/s1. The monoisotopic (exact) mass is 532 g/mol. The van der Waals surface area contributed by atoms with Gasteiger partial charge in [0.25, 0.3) is 0 Å². The number of halogens is 1. The molecule has 0 aromatic rings. The van der Waals surface area contributed by atoms with Gasteiger partial charge in [-0.05, 0) is 70.4 Å². The largest absolute Gasteiger partial charge is 0.509 e. The zero-order valence-corrected chi connectivity index (χ0v) is 22.5. The van der Waals surface area contributed by atoms with Crippen LogP contribution in [-0.2, 0) is 28.6 Å². The minimum absolute atomic E-state index is 0.0334. The van der Waals surface area contributed by atoms with Crippen molar-refractivity contribution in [2.75, 3.05) is 13.2 Å². The van der Waals surface area contributed by atoms with Crippen molar-refractivity contribution in [2.24, 2.45) is 34.5 Å². The normalized spacial score (nSPS) is 43.3. The number of fused-ring (bicyclic) bond motifs is 5. The lowest BCUT2D eigenvalue weighted by atomic mass is 9.44. The Morgan fingerprint density at radius 2 is 1.84 bits per heavy atom.